The normalized spacial score (nSPS) is 17.8. The van der Waals surface area contributed by atoms with Crippen molar-refractivity contribution in [3.8, 4) is 0 Å². The summed E-state index contributed by atoms with van der Waals surface area (Å²) in [5, 5.41) is 1.97. The number of benzene rings is 1. The second-order valence-electron chi connectivity index (χ2n) is 5.82. The topological polar surface area (TPSA) is 39.2 Å². The van der Waals surface area contributed by atoms with Crippen LogP contribution in [0, 0.1) is 5.92 Å². The number of methoxy groups -OCH3 is 1. The van der Waals surface area contributed by atoms with E-state index in [-0.39, 0.29) is 11.9 Å². The zero-order valence-corrected chi connectivity index (χ0v) is 12.4. The van der Waals surface area contributed by atoms with Gasteiger partial charge in [-0.05, 0) is 30.2 Å². The number of nitrogens with zero attached hydrogens (tertiary/aromatic N) is 1. The van der Waals surface area contributed by atoms with Crippen molar-refractivity contribution in [2.24, 2.45) is 5.92 Å². The van der Waals surface area contributed by atoms with E-state index in [0.29, 0.717) is 5.92 Å². The highest BCUT2D eigenvalue weighted by atomic mass is 16.5. The third kappa shape index (κ3) is 2.84. The van der Waals surface area contributed by atoms with Crippen LogP contribution in [0.5, 0.6) is 0 Å². The van der Waals surface area contributed by atoms with Crippen molar-refractivity contribution < 1.29 is 9.53 Å². The maximum Gasteiger partial charge on any atom is 0.192 e. The Morgan fingerprint density at radius 3 is 2.81 bits per heavy atom. The van der Waals surface area contributed by atoms with E-state index in [2.05, 4.69) is 4.98 Å². The van der Waals surface area contributed by atoms with Crippen LogP contribution < -0.4 is 0 Å². The van der Waals surface area contributed by atoms with Gasteiger partial charge in [-0.25, -0.2) is 0 Å². The molecule has 1 fully saturated rings. The van der Waals surface area contributed by atoms with Crippen LogP contribution in [0.25, 0.3) is 10.8 Å². The van der Waals surface area contributed by atoms with Crippen molar-refractivity contribution in [3.05, 3.63) is 42.2 Å². The number of rotatable bonds is 4. The van der Waals surface area contributed by atoms with E-state index in [9.17, 15) is 4.79 Å². The number of ether oxygens (including phenoxy) is 1. The molecule has 2 aromatic rings. The Balaban J connectivity index is 1.94. The summed E-state index contributed by atoms with van der Waals surface area (Å²) >= 11 is 0. The van der Waals surface area contributed by atoms with Crippen molar-refractivity contribution in [1.29, 1.82) is 0 Å². The van der Waals surface area contributed by atoms with Crippen molar-refractivity contribution in [2.75, 3.05) is 7.11 Å². The number of hydrogen-bond acceptors (Lipinski definition) is 3. The molecule has 110 valence electrons. The quantitative estimate of drug-likeness (QED) is 0.796. The van der Waals surface area contributed by atoms with Gasteiger partial charge in [0.25, 0.3) is 0 Å². The molecular weight excluding hydrogens is 262 g/mol. The molecular formula is C18H21NO2. The highest BCUT2D eigenvalue weighted by Gasteiger charge is 2.30. The maximum atomic E-state index is 12.9. The molecule has 0 N–H and O–H groups in total. The molecule has 0 spiro atoms. The van der Waals surface area contributed by atoms with Gasteiger partial charge in [-0.2, -0.15) is 0 Å². The predicted molar refractivity (Wildman–Crippen MR) is 83.4 cm³/mol. The zero-order chi connectivity index (χ0) is 14.7. The van der Waals surface area contributed by atoms with E-state index in [0.717, 1.165) is 29.2 Å². The first kappa shape index (κ1) is 14.2. The Morgan fingerprint density at radius 1 is 1.24 bits per heavy atom. The Bertz CT molecular complexity index is 627. The number of Topliss-reactive ketones (excluding diaryl/α,β-unsaturated/α-hetero) is 1. The lowest BCUT2D eigenvalue weighted by Crippen LogP contribution is -2.33. The summed E-state index contributed by atoms with van der Waals surface area (Å²) in [4.78, 5) is 17.1. The fourth-order valence-electron chi connectivity index (χ4n) is 3.43. The fourth-order valence-corrected chi connectivity index (χ4v) is 3.43. The van der Waals surface area contributed by atoms with Crippen LogP contribution in [0.15, 0.2) is 36.7 Å². The minimum atomic E-state index is -0.323. The lowest BCUT2D eigenvalue weighted by atomic mass is 9.82. The summed E-state index contributed by atoms with van der Waals surface area (Å²) in [5.41, 5.74) is 0.734. The minimum absolute atomic E-state index is 0.100. The second kappa shape index (κ2) is 6.35. The first-order valence-electron chi connectivity index (χ1n) is 7.71. The third-order valence-electron chi connectivity index (χ3n) is 4.54. The van der Waals surface area contributed by atoms with Crippen molar-refractivity contribution in [3.63, 3.8) is 0 Å². The molecule has 3 heteroatoms. The van der Waals surface area contributed by atoms with E-state index in [1.165, 1.54) is 19.3 Å². The Morgan fingerprint density at radius 2 is 2.05 bits per heavy atom. The van der Waals surface area contributed by atoms with Gasteiger partial charge in [0.1, 0.15) is 6.10 Å². The van der Waals surface area contributed by atoms with Crippen LogP contribution in [0.2, 0.25) is 0 Å². The van der Waals surface area contributed by atoms with E-state index in [1.54, 1.807) is 19.5 Å². The fraction of sp³-hybridized carbons (Fsp3) is 0.444. The molecule has 21 heavy (non-hydrogen) atoms. The molecule has 3 rings (SSSR count). The van der Waals surface area contributed by atoms with Crippen molar-refractivity contribution >= 4 is 16.6 Å². The number of carbonyl (C=O) groups is 1. The van der Waals surface area contributed by atoms with Gasteiger partial charge >= 0.3 is 0 Å². The third-order valence-corrected chi connectivity index (χ3v) is 4.54. The lowest BCUT2D eigenvalue weighted by Gasteiger charge is -2.28. The van der Waals surface area contributed by atoms with Crippen LogP contribution in [0.4, 0.5) is 0 Å². The first-order valence-corrected chi connectivity index (χ1v) is 7.71. The zero-order valence-electron chi connectivity index (χ0n) is 12.4. The van der Waals surface area contributed by atoms with E-state index in [4.69, 9.17) is 4.74 Å². The molecule has 1 atom stereocenters. The molecule has 0 saturated heterocycles. The van der Waals surface area contributed by atoms with Crippen LogP contribution in [-0.4, -0.2) is 24.0 Å². The molecule has 1 aliphatic rings. The standard InChI is InChI=1S/C18H21NO2/c1-21-18(14-6-3-2-4-7-14)17(20)15-9-5-8-13-10-11-19-12-16(13)15/h5,8-12,14,18H,2-4,6-7H2,1H3. The number of ketones is 1. The Kier molecular flexibility index (Phi) is 4.30. The number of carbonyl (C=O) groups excluding carboxylic acids is 1. The highest BCUT2D eigenvalue weighted by Crippen LogP contribution is 2.30. The molecule has 0 aliphatic heterocycles. The molecule has 1 unspecified atom stereocenters. The van der Waals surface area contributed by atoms with Crippen LogP contribution in [0.1, 0.15) is 42.5 Å². The molecule has 1 aromatic heterocycles. The Hall–Kier alpha value is -1.74. The molecule has 0 amide bonds. The van der Waals surface area contributed by atoms with Gasteiger partial charge in [0, 0.05) is 30.5 Å². The average Bonchev–Trinajstić information content (AvgIpc) is 2.56. The monoisotopic (exact) mass is 283 g/mol. The van der Waals surface area contributed by atoms with Gasteiger partial charge in [-0.3, -0.25) is 9.78 Å². The maximum absolute atomic E-state index is 12.9. The molecule has 3 nitrogen and oxygen atoms in total. The predicted octanol–water partition coefficient (Wildman–Crippen LogP) is 4.01. The van der Waals surface area contributed by atoms with E-state index >= 15 is 0 Å². The lowest BCUT2D eigenvalue weighted by molar-refractivity contribution is 0.0316. The molecule has 1 aromatic carbocycles. The molecule has 1 heterocycles. The van der Waals surface area contributed by atoms with Gasteiger partial charge in [0.2, 0.25) is 0 Å². The smallest absolute Gasteiger partial charge is 0.192 e. The number of fused-ring (bicyclic) bond motifs is 1. The van der Waals surface area contributed by atoms with E-state index < -0.39 is 0 Å². The number of pyridine rings is 1. The second-order valence-corrected chi connectivity index (χ2v) is 5.82. The van der Waals surface area contributed by atoms with Gasteiger partial charge in [-0.15, -0.1) is 0 Å². The average molecular weight is 283 g/mol. The molecule has 0 radical (unpaired) electrons. The number of aromatic nitrogens is 1. The number of hydrogen-bond donors (Lipinski definition) is 0. The van der Waals surface area contributed by atoms with Gasteiger partial charge in [0.15, 0.2) is 5.78 Å². The molecule has 1 saturated carbocycles. The summed E-state index contributed by atoms with van der Waals surface area (Å²) in [6.45, 7) is 0. The summed E-state index contributed by atoms with van der Waals surface area (Å²) in [5.74, 6) is 0.450. The van der Waals surface area contributed by atoms with Gasteiger partial charge in [0.05, 0.1) is 0 Å². The summed E-state index contributed by atoms with van der Waals surface area (Å²) in [6.07, 6.45) is 9.07. The van der Waals surface area contributed by atoms with E-state index in [1.807, 2.05) is 24.3 Å². The van der Waals surface area contributed by atoms with Gasteiger partial charge in [-0.1, -0.05) is 37.5 Å². The SMILES string of the molecule is COC(C(=O)c1cccc2ccncc12)C1CCCCC1. The van der Waals surface area contributed by atoms with Crippen molar-refractivity contribution in [2.45, 2.75) is 38.2 Å². The van der Waals surface area contributed by atoms with Gasteiger partial charge < -0.3 is 4.74 Å². The summed E-state index contributed by atoms with van der Waals surface area (Å²) < 4.78 is 5.58. The highest BCUT2D eigenvalue weighted by molar-refractivity contribution is 6.10. The van der Waals surface area contributed by atoms with Crippen LogP contribution in [-0.2, 0) is 4.74 Å². The van der Waals surface area contributed by atoms with Crippen molar-refractivity contribution in [1.82, 2.24) is 4.98 Å². The Labute approximate surface area is 125 Å². The molecule has 1 aliphatic carbocycles. The summed E-state index contributed by atoms with van der Waals surface area (Å²) in [6, 6.07) is 7.77. The van der Waals surface area contributed by atoms with Crippen LogP contribution >= 0.6 is 0 Å². The van der Waals surface area contributed by atoms with Crippen LogP contribution in [0.3, 0.4) is 0 Å². The molecule has 0 bridgehead atoms. The largest absolute Gasteiger partial charge is 0.373 e. The summed E-state index contributed by atoms with van der Waals surface area (Å²) in [7, 11) is 1.65. The minimum Gasteiger partial charge on any atom is -0.373 e. The first-order chi connectivity index (χ1) is 10.3.